The van der Waals surface area contributed by atoms with E-state index in [1.165, 1.54) is 0 Å². The normalized spacial score (nSPS) is 33.3. The van der Waals surface area contributed by atoms with Crippen LogP contribution >= 0.6 is 0 Å². The molecule has 17 heavy (non-hydrogen) atoms. The Hall–Kier alpha value is -1.10. The third-order valence-electron chi connectivity index (χ3n) is 3.74. The summed E-state index contributed by atoms with van der Waals surface area (Å²) in [7, 11) is 0. The number of nitrogens with two attached hydrogens (primary N) is 1. The van der Waals surface area contributed by atoms with Gasteiger partial charge in [0.2, 0.25) is 11.8 Å². The third-order valence-corrected chi connectivity index (χ3v) is 3.74. The first-order chi connectivity index (χ1) is 8.18. The van der Waals surface area contributed by atoms with Gasteiger partial charge in [0.15, 0.2) is 0 Å². The number of hydrogen-bond donors (Lipinski definition) is 2. The van der Waals surface area contributed by atoms with Crippen molar-refractivity contribution in [1.82, 2.24) is 5.32 Å². The maximum atomic E-state index is 12.0. The average Bonchev–Trinajstić information content (AvgIpc) is 2.78. The first-order valence-electron chi connectivity index (χ1n) is 6.36. The van der Waals surface area contributed by atoms with Gasteiger partial charge in [0.25, 0.3) is 0 Å². The van der Waals surface area contributed by atoms with Crippen molar-refractivity contribution in [3.63, 3.8) is 0 Å². The summed E-state index contributed by atoms with van der Waals surface area (Å²) in [6.45, 7) is 1.25. The van der Waals surface area contributed by atoms with Gasteiger partial charge in [0.05, 0.1) is 18.4 Å². The van der Waals surface area contributed by atoms with E-state index in [1.54, 1.807) is 0 Å². The smallest absolute Gasteiger partial charge is 0.225 e. The molecule has 0 unspecified atom stereocenters. The topological polar surface area (TPSA) is 81.4 Å². The van der Waals surface area contributed by atoms with E-state index in [2.05, 4.69) is 5.32 Å². The molecule has 0 bridgehead atoms. The zero-order valence-electron chi connectivity index (χ0n) is 9.98. The van der Waals surface area contributed by atoms with Crippen LogP contribution in [0, 0.1) is 11.8 Å². The van der Waals surface area contributed by atoms with E-state index >= 15 is 0 Å². The summed E-state index contributed by atoms with van der Waals surface area (Å²) in [5.74, 6) is -0.531. The molecular weight excluding hydrogens is 220 g/mol. The Balaban J connectivity index is 1.86. The van der Waals surface area contributed by atoms with Gasteiger partial charge in [-0.05, 0) is 25.7 Å². The van der Waals surface area contributed by atoms with Gasteiger partial charge in [-0.3, -0.25) is 9.59 Å². The SMILES string of the molecule is NC(=O)[C@H]1CCC[C@@H]1NC(=O)[C@@H]1CCCOC1. The number of ether oxygens (including phenoxy) is 1. The zero-order chi connectivity index (χ0) is 12.3. The van der Waals surface area contributed by atoms with Crippen molar-refractivity contribution >= 4 is 11.8 Å². The molecule has 5 nitrogen and oxygen atoms in total. The summed E-state index contributed by atoms with van der Waals surface area (Å²) in [6, 6.07) is -0.0677. The number of carbonyl (C=O) groups is 2. The van der Waals surface area contributed by atoms with Crippen LogP contribution in [0.15, 0.2) is 0 Å². The maximum absolute atomic E-state index is 12.0. The van der Waals surface area contributed by atoms with Crippen LogP contribution < -0.4 is 11.1 Å². The maximum Gasteiger partial charge on any atom is 0.225 e. The van der Waals surface area contributed by atoms with Gasteiger partial charge in [-0.2, -0.15) is 0 Å². The lowest BCUT2D eigenvalue weighted by molar-refractivity contribution is -0.130. The standard InChI is InChI=1S/C12H20N2O3/c13-11(15)9-4-1-5-10(9)14-12(16)8-3-2-6-17-7-8/h8-10H,1-7H2,(H2,13,15)(H,14,16)/t8-,9+,10+/m1/s1. The van der Waals surface area contributed by atoms with E-state index in [0.29, 0.717) is 6.61 Å². The molecule has 5 heteroatoms. The summed E-state index contributed by atoms with van der Waals surface area (Å²) in [5, 5.41) is 2.96. The summed E-state index contributed by atoms with van der Waals surface area (Å²) in [4.78, 5) is 23.2. The predicted octanol–water partition coefficient (Wildman–Crippen LogP) is 0.183. The average molecular weight is 240 g/mol. The molecule has 1 heterocycles. The predicted molar refractivity (Wildman–Crippen MR) is 62.0 cm³/mol. The van der Waals surface area contributed by atoms with Crippen molar-refractivity contribution in [1.29, 1.82) is 0 Å². The molecule has 1 aliphatic heterocycles. The Kier molecular flexibility index (Phi) is 3.99. The van der Waals surface area contributed by atoms with Crippen molar-refractivity contribution < 1.29 is 14.3 Å². The third kappa shape index (κ3) is 2.97. The summed E-state index contributed by atoms with van der Waals surface area (Å²) < 4.78 is 5.29. The van der Waals surface area contributed by atoms with Crippen LogP contribution in [-0.2, 0) is 14.3 Å². The molecule has 3 atom stereocenters. The monoisotopic (exact) mass is 240 g/mol. The second-order valence-corrected chi connectivity index (χ2v) is 4.97. The van der Waals surface area contributed by atoms with Gasteiger partial charge in [-0.1, -0.05) is 6.42 Å². The summed E-state index contributed by atoms with van der Waals surface area (Å²) in [6.07, 6.45) is 4.41. The minimum absolute atomic E-state index is 0.0165. The van der Waals surface area contributed by atoms with Crippen LogP contribution in [0.5, 0.6) is 0 Å². The first-order valence-corrected chi connectivity index (χ1v) is 6.36. The van der Waals surface area contributed by atoms with E-state index in [-0.39, 0.29) is 29.7 Å². The quantitative estimate of drug-likeness (QED) is 0.738. The summed E-state index contributed by atoms with van der Waals surface area (Å²) in [5.41, 5.74) is 5.33. The molecule has 2 fully saturated rings. The fourth-order valence-electron chi connectivity index (χ4n) is 2.72. The van der Waals surface area contributed by atoms with Crippen molar-refractivity contribution in [2.45, 2.75) is 38.1 Å². The lowest BCUT2D eigenvalue weighted by Crippen LogP contribution is -2.46. The van der Waals surface area contributed by atoms with E-state index in [4.69, 9.17) is 10.5 Å². The van der Waals surface area contributed by atoms with Gasteiger partial charge < -0.3 is 15.8 Å². The number of amides is 2. The lowest BCUT2D eigenvalue weighted by Gasteiger charge is -2.25. The lowest BCUT2D eigenvalue weighted by atomic mass is 9.98. The molecule has 0 aromatic rings. The largest absolute Gasteiger partial charge is 0.381 e. The zero-order valence-corrected chi connectivity index (χ0v) is 9.98. The molecule has 0 aromatic carbocycles. The van der Waals surface area contributed by atoms with E-state index in [0.717, 1.165) is 38.7 Å². The van der Waals surface area contributed by atoms with Gasteiger partial charge in [-0.25, -0.2) is 0 Å². The van der Waals surface area contributed by atoms with E-state index in [9.17, 15) is 9.59 Å². The molecule has 2 amide bonds. The minimum Gasteiger partial charge on any atom is -0.381 e. The Bertz CT molecular complexity index is 300. The van der Waals surface area contributed by atoms with Crippen LogP contribution in [0.1, 0.15) is 32.1 Å². The minimum atomic E-state index is -0.298. The Morgan fingerprint density at radius 2 is 2.00 bits per heavy atom. The number of rotatable bonds is 3. The number of primary amides is 1. The fraction of sp³-hybridized carbons (Fsp3) is 0.833. The van der Waals surface area contributed by atoms with Gasteiger partial charge in [0.1, 0.15) is 0 Å². The van der Waals surface area contributed by atoms with Crippen LogP contribution in [-0.4, -0.2) is 31.1 Å². The van der Waals surface area contributed by atoms with Crippen LogP contribution in [0.2, 0.25) is 0 Å². The van der Waals surface area contributed by atoms with Crippen LogP contribution in [0.3, 0.4) is 0 Å². The molecular formula is C12H20N2O3. The molecule has 2 rings (SSSR count). The second kappa shape index (κ2) is 5.49. The van der Waals surface area contributed by atoms with Crippen molar-refractivity contribution in [2.24, 2.45) is 17.6 Å². The van der Waals surface area contributed by atoms with Gasteiger partial charge in [0, 0.05) is 12.6 Å². The molecule has 2 aliphatic rings. The molecule has 0 aromatic heterocycles. The second-order valence-electron chi connectivity index (χ2n) is 4.97. The van der Waals surface area contributed by atoms with E-state index < -0.39 is 0 Å². The van der Waals surface area contributed by atoms with Crippen molar-refractivity contribution in [2.75, 3.05) is 13.2 Å². The molecule has 1 saturated heterocycles. The highest BCUT2D eigenvalue weighted by atomic mass is 16.5. The van der Waals surface area contributed by atoms with Crippen LogP contribution in [0.25, 0.3) is 0 Å². The fourth-order valence-corrected chi connectivity index (χ4v) is 2.72. The summed E-state index contributed by atoms with van der Waals surface area (Å²) >= 11 is 0. The highest BCUT2D eigenvalue weighted by Crippen LogP contribution is 2.26. The molecule has 0 spiro atoms. The van der Waals surface area contributed by atoms with E-state index in [1.807, 2.05) is 0 Å². The molecule has 0 radical (unpaired) electrons. The Morgan fingerprint density at radius 1 is 1.18 bits per heavy atom. The Labute approximate surface area is 101 Å². The molecule has 1 aliphatic carbocycles. The number of nitrogens with one attached hydrogen (secondary N) is 1. The molecule has 96 valence electrons. The highest BCUT2D eigenvalue weighted by Gasteiger charge is 2.34. The highest BCUT2D eigenvalue weighted by molar-refractivity contribution is 5.82. The number of hydrogen-bond acceptors (Lipinski definition) is 3. The number of carbonyl (C=O) groups excluding carboxylic acids is 2. The van der Waals surface area contributed by atoms with Gasteiger partial charge >= 0.3 is 0 Å². The van der Waals surface area contributed by atoms with Crippen molar-refractivity contribution in [3.8, 4) is 0 Å². The van der Waals surface area contributed by atoms with Crippen LogP contribution in [0.4, 0.5) is 0 Å². The molecule has 1 saturated carbocycles. The van der Waals surface area contributed by atoms with Gasteiger partial charge in [-0.15, -0.1) is 0 Å². The van der Waals surface area contributed by atoms with Crippen molar-refractivity contribution in [3.05, 3.63) is 0 Å². The Morgan fingerprint density at radius 3 is 2.65 bits per heavy atom. The molecule has 3 N–H and O–H groups in total. The first kappa shape index (κ1) is 12.4.